The first-order valence-electron chi connectivity index (χ1n) is 5.28. The molecule has 0 spiro atoms. The topological polar surface area (TPSA) is 33.0 Å². The molecule has 80 valence electrons. The summed E-state index contributed by atoms with van der Waals surface area (Å²) < 4.78 is 5.17. The smallest absolute Gasteiger partial charge is 0.119 e. The number of ether oxygens (including phenoxy) is 1. The minimum atomic E-state index is -0.367. The van der Waals surface area contributed by atoms with Gasteiger partial charge in [0, 0.05) is 0 Å². The van der Waals surface area contributed by atoms with Gasteiger partial charge in [-0.05, 0) is 30.5 Å². The van der Waals surface area contributed by atoms with Crippen LogP contribution in [-0.2, 0) is 5.41 Å². The lowest BCUT2D eigenvalue weighted by Gasteiger charge is -2.24. The molecule has 0 unspecified atom stereocenters. The predicted octanol–water partition coefficient (Wildman–Crippen LogP) is 3.28. The quantitative estimate of drug-likeness (QED) is 0.752. The maximum absolute atomic E-state index is 9.30. The van der Waals surface area contributed by atoms with Crippen LogP contribution in [0.15, 0.2) is 24.3 Å². The van der Waals surface area contributed by atoms with E-state index in [1.165, 1.54) is 0 Å². The number of nitrogens with zero attached hydrogens (tertiary/aromatic N) is 1. The lowest BCUT2D eigenvalue weighted by Crippen LogP contribution is -2.21. The van der Waals surface area contributed by atoms with E-state index in [1.807, 2.05) is 38.1 Å². The molecule has 0 aromatic heterocycles. The summed E-state index contributed by atoms with van der Waals surface area (Å²) in [5.41, 5.74) is 0.684. The Morgan fingerprint density at radius 1 is 1.33 bits per heavy atom. The van der Waals surface area contributed by atoms with Gasteiger partial charge in [-0.3, -0.25) is 0 Å². The van der Waals surface area contributed by atoms with E-state index in [2.05, 4.69) is 6.07 Å². The van der Waals surface area contributed by atoms with Crippen molar-refractivity contribution in [2.45, 2.75) is 32.1 Å². The summed E-state index contributed by atoms with van der Waals surface area (Å²) in [6.07, 6.45) is 1.65. The van der Waals surface area contributed by atoms with Gasteiger partial charge in [-0.2, -0.15) is 5.26 Å². The lowest BCUT2D eigenvalue weighted by molar-refractivity contribution is 0.411. The minimum Gasteiger partial charge on any atom is -0.497 e. The highest BCUT2D eigenvalue weighted by molar-refractivity contribution is 5.37. The van der Waals surface area contributed by atoms with Gasteiger partial charge < -0.3 is 4.74 Å². The van der Waals surface area contributed by atoms with Crippen LogP contribution < -0.4 is 4.74 Å². The molecule has 0 aliphatic carbocycles. The van der Waals surface area contributed by atoms with Gasteiger partial charge in [0.2, 0.25) is 0 Å². The van der Waals surface area contributed by atoms with Crippen LogP contribution in [0.1, 0.15) is 32.3 Å². The number of hydrogen-bond acceptors (Lipinski definition) is 2. The first-order chi connectivity index (χ1) is 7.22. The van der Waals surface area contributed by atoms with Crippen molar-refractivity contribution in [2.75, 3.05) is 7.11 Å². The maximum atomic E-state index is 9.30. The summed E-state index contributed by atoms with van der Waals surface area (Å²) in [5.74, 6) is 0.814. The Hall–Kier alpha value is -1.49. The van der Waals surface area contributed by atoms with Gasteiger partial charge in [0.05, 0.1) is 18.6 Å². The Morgan fingerprint density at radius 3 is 2.47 bits per heavy atom. The van der Waals surface area contributed by atoms with Gasteiger partial charge >= 0.3 is 0 Å². The molecule has 0 saturated heterocycles. The van der Waals surface area contributed by atoms with E-state index in [9.17, 15) is 5.26 Å². The van der Waals surface area contributed by atoms with Crippen molar-refractivity contribution in [2.24, 2.45) is 0 Å². The molecule has 0 fully saturated rings. The van der Waals surface area contributed by atoms with Gasteiger partial charge in [-0.15, -0.1) is 0 Å². The first kappa shape index (κ1) is 11.6. The minimum absolute atomic E-state index is 0.367. The summed E-state index contributed by atoms with van der Waals surface area (Å²) in [7, 11) is 1.64. The highest BCUT2D eigenvalue weighted by Gasteiger charge is 2.28. The molecule has 1 aromatic rings. The largest absolute Gasteiger partial charge is 0.497 e. The summed E-state index contributed by atoms with van der Waals surface area (Å²) in [5, 5.41) is 9.30. The fraction of sp³-hybridized carbons (Fsp3) is 0.462. The fourth-order valence-electron chi connectivity index (χ4n) is 1.80. The molecule has 0 heterocycles. The lowest BCUT2D eigenvalue weighted by atomic mass is 9.77. The highest BCUT2D eigenvalue weighted by atomic mass is 16.5. The highest BCUT2D eigenvalue weighted by Crippen LogP contribution is 2.32. The molecule has 0 atom stereocenters. The Kier molecular flexibility index (Phi) is 3.74. The molecule has 15 heavy (non-hydrogen) atoms. The third-order valence-corrected chi connectivity index (χ3v) is 3.04. The molecular weight excluding hydrogens is 186 g/mol. The van der Waals surface area contributed by atoms with Crippen LogP contribution in [0.4, 0.5) is 0 Å². The Bertz CT molecular complexity index is 361. The average molecular weight is 203 g/mol. The van der Waals surface area contributed by atoms with Crippen molar-refractivity contribution in [3.63, 3.8) is 0 Å². The Morgan fingerprint density at radius 2 is 2.00 bits per heavy atom. The second-order valence-electron chi connectivity index (χ2n) is 3.63. The number of nitriles is 1. The molecule has 0 aliphatic rings. The standard InChI is InChI=1S/C13H17NO/c1-4-13(5-2,10-14)11-7-6-8-12(9-11)15-3/h6-9H,4-5H2,1-3H3. The first-order valence-corrected chi connectivity index (χ1v) is 5.28. The van der Waals surface area contributed by atoms with Crippen LogP contribution >= 0.6 is 0 Å². The molecule has 2 nitrogen and oxygen atoms in total. The zero-order chi connectivity index (χ0) is 11.3. The van der Waals surface area contributed by atoms with Gasteiger partial charge in [-0.25, -0.2) is 0 Å². The molecular formula is C13H17NO. The van der Waals surface area contributed by atoms with Crippen LogP contribution in [0.3, 0.4) is 0 Å². The van der Waals surface area contributed by atoms with Crippen LogP contribution in [0.25, 0.3) is 0 Å². The number of benzene rings is 1. The van der Waals surface area contributed by atoms with Crippen LogP contribution in [-0.4, -0.2) is 7.11 Å². The fourth-order valence-corrected chi connectivity index (χ4v) is 1.80. The monoisotopic (exact) mass is 203 g/mol. The van der Waals surface area contributed by atoms with E-state index in [4.69, 9.17) is 4.74 Å². The average Bonchev–Trinajstić information content (AvgIpc) is 2.32. The molecule has 1 aromatic carbocycles. The van der Waals surface area contributed by atoms with Crippen LogP contribution in [0, 0.1) is 11.3 Å². The van der Waals surface area contributed by atoms with E-state index in [0.29, 0.717) is 0 Å². The van der Waals surface area contributed by atoms with E-state index < -0.39 is 0 Å². The third kappa shape index (κ3) is 2.12. The molecule has 0 radical (unpaired) electrons. The molecule has 2 heteroatoms. The van der Waals surface area contributed by atoms with Crippen molar-refractivity contribution in [3.8, 4) is 11.8 Å². The molecule has 0 amide bonds. The number of hydrogen-bond donors (Lipinski definition) is 0. The van der Waals surface area contributed by atoms with Crippen LogP contribution in [0.5, 0.6) is 5.75 Å². The predicted molar refractivity (Wildman–Crippen MR) is 60.9 cm³/mol. The van der Waals surface area contributed by atoms with E-state index in [1.54, 1.807) is 7.11 Å². The molecule has 1 rings (SSSR count). The third-order valence-electron chi connectivity index (χ3n) is 3.04. The second-order valence-corrected chi connectivity index (χ2v) is 3.63. The number of methoxy groups -OCH3 is 1. The van der Waals surface area contributed by atoms with Crippen LogP contribution in [0.2, 0.25) is 0 Å². The van der Waals surface area contributed by atoms with E-state index in [-0.39, 0.29) is 5.41 Å². The van der Waals surface area contributed by atoms with Crippen molar-refractivity contribution in [3.05, 3.63) is 29.8 Å². The molecule has 0 aliphatic heterocycles. The maximum Gasteiger partial charge on any atom is 0.119 e. The molecule has 0 bridgehead atoms. The Labute approximate surface area is 91.5 Å². The Balaban J connectivity index is 3.18. The van der Waals surface area contributed by atoms with Gasteiger partial charge in [0.25, 0.3) is 0 Å². The van der Waals surface area contributed by atoms with Crippen molar-refractivity contribution in [1.82, 2.24) is 0 Å². The normalized spacial score (nSPS) is 10.8. The van der Waals surface area contributed by atoms with Gasteiger partial charge in [0.1, 0.15) is 5.75 Å². The zero-order valence-corrected chi connectivity index (χ0v) is 9.58. The zero-order valence-electron chi connectivity index (χ0n) is 9.58. The van der Waals surface area contributed by atoms with Gasteiger partial charge in [-0.1, -0.05) is 26.0 Å². The number of rotatable bonds is 4. The van der Waals surface area contributed by atoms with Gasteiger partial charge in [0.15, 0.2) is 0 Å². The summed E-state index contributed by atoms with van der Waals surface area (Å²) in [4.78, 5) is 0. The van der Waals surface area contributed by atoms with Crippen molar-refractivity contribution >= 4 is 0 Å². The van der Waals surface area contributed by atoms with Crippen molar-refractivity contribution < 1.29 is 4.74 Å². The van der Waals surface area contributed by atoms with E-state index >= 15 is 0 Å². The molecule has 0 saturated carbocycles. The van der Waals surface area contributed by atoms with E-state index in [0.717, 1.165) is 24.2 Å². The molecule has 0 N–H and O–H groups in total. The summed E-state index contributed by atoms with van der Waals surface area (Å²) in [6, 6.07) is 10.2. The SMILES string of the molecule is CCC(C#N)(CC)c1cccc(OC)c1. The summed E-state index contributed by atoms with van der Waals surface area (Å²) >= 11 is 0. The summed E-state index contributed by atoms with van der Waals surface area (Å²) in [6.45, 7) is 4.10. The van der Waals surface area contributed by atoms with Crippen molar-refractivity contribution in [1.29, 1.82) is 5.26 Å². The second kappa shape index (κ2) is 4.84.